The van der Waals surface area contributed by atoms with Gasteiger partial charge < -0.3 is 10.1 Å². The van der Waals surface area contributed by atoms with Gasteiger partial charge in [-0.1, -0.05) is 30.3 Å². The minimum absolute atomic E-state index is 0.0328. The fourth-order valence-corrected chi connectivity index (χ4v) is 4.47. The smallest absolute Gasteiger partial charge is 0.224 e. The number of piperidine rings is 1. The van der Waals surface area contributed by atoms with Crippen molar-refractivity contribution >= 4 is 15.9 Å². The van der Waals surface area contributed by atoms with E-state index in [0.29, 0.717) is 19.5 Å². The Balaban J connectivity index is 1.75. The van der Waals surface area contributed by atoms with Gasteiger partial charge in [-0.3, -0.25) is 4.79 Å². The van der Waals surface area contributed by atoms with Gasteiger partial charge in [0.25, 0.3) is 0 Å². The predicted molar refractivity (Wildman–Crippen MR) is 97.7 cm³/mol. The van der Waals surface area contributed by atoms with E-state index in [1.54, 1.807) is 0 Å². The van der Waals surface area contributed by atoms with Crippen LogP contribution >= 0.6 is 0 Å². The zero-order valence-corrected chi connectivity index (χ0v) is 15.6. The number of ether oxygens (including phenoxy) is 1. The number of sulfonamides is 1. The summed E-state index contributed by atoms with van der Waals surface area (Å²) < 4.78 is 30.8. The van der Waals surface area contributed by atoms with Gasteiger partial charge in [-0.05, 0) is 31.2 Å². The molecule has 0 aromatic heterocycles. The van der Waals surface area contributed by atoms with E-state index in [4.69, 9.17) is 4.74 Å². The molecule has 1 aromatic carbocycles. The van der Waals surface area contributed by atoms with Crippen LogP contribution in [0.2, 0.25) is 0 Å². The zero-order valence-electron chi connectivity index (χ0n) is 14.8. The summed E-state index contributed by atoms with van der Waals surface area (Å²) in [6.07, 6.45) is 3.25. The molecule has 1 amide bonds. The molecule has 1 aliphatic heterocycles. The van der Waals surface area contributed by atoms with Crippen LogP contribution in [0.25, 0.3) is 0 Å². The van der Waals surface area contributed by atoms with Crippen LogP contribution in [0.1, 0.15) is 24.8 Å². The average Bonchev–Trinajstić information content (AvgIpc) is 2.64. The second-order valence-electron chi connectivity index (χ2n) is 6.39. The van der Waals surface area contributed by atoms with E-state index in [1.807, 2.05) is 18.2 Å². The summed E-state index contributed by atoms with van der Waals surface area (Å²) in [5.41, 5.74) is 1.25. The number of rotatable bonds is 9. The van der Waals surface area contributed by atoms with Crippen LogP contribution in [0.15, 0.2) is 30.3 Å². The van der Waals surface area contributed by atoms with Crippen LogP contribution in [0.5, 0.6) is 0 Å². The quantitative estimate of drug-likeness (QED) is 0.669. The van der Waals surface area contributed by atoms with Crippen molar-refractivity contribution < 1.29 is 17.9 Å². The molecule has 0 aliphatic carbocycles. The lowest BCUT2D eigenvalue weighted by atomic mass is 9.99. The molecule has 1 N–H and O–H groups in total. The number of carbonyl (C=O) groups excluding carboxylic acids is 1. The molecule has 1 heterocycles. The van der Waals surface area contributed by atoms with E-state index in [1.165, 1.54) is 17.0 Å². The lowest BCUT2D eigenvalue weighted by Gasteiger charge is -2.31. The number of aryl methyl sites for hydroxylation is 1. The van der Waals surface area contributed by atoms with Crippen molar-refractivity contribution in [3.8, 4) is 0 Å². The van der Waals surface area contributed by atoms with Crippen molar-refractivity contribution in [1.29, 1.82) is 0 Å². The fourth-order valence-electron chi connectivity index (χ4n) is 3.02. The number of nitrogens with one attached hydrogen (secondary N) is 1. The number of hydrogen-bond acceptors (Lipinski definition) is 4. The molecule has 1 aliphatic rings. The minimum Gasteiger partial charge on any atom is -0.384 e. The third-order valence-electron chi connectivity index (χ3n) is 4.48. The molecule has 1 aromatic rings. The number of methoxy groups -OCH3 is 1. The van der Waals surface area contributed by atoms with E-state index in [-0.39, 0.29) is 30.7 Å². The molecule has 6 nitrogen and oxygen atoms in total. The molecule has 140 valence electrons. The van der Waals surface area contributed by atoms with Crippen molar-refractivity contribution in [2.45, 2.75) is 25.7 Å². The highest BCUT2D eigenvalue weighted by Gasteiger charge is 2.31. The Morgan fingerprint density at radius 3 is 2.80 bits per heavy atom. The van der Waals surface area contributed by atoms with E-state index in [2.05, 4.69) is 17.4 Å². The van der Waals surface area contributed by atoms with E-state index in [0.717, 1.165) is 19.3 Å². The van der Waals surface area contributed by atoms with Crippen molar-refractivity contribution in [1.82, 2.24) is 9.62 Å². The second kappa shape index (κ2) is 9.89. The first-order chi connectivity index (χ1) is 12.0. The van der Waals surface area contributed by atoms with Gasteiger partial charge in [0.05, 0.1) is 18.3 Å². The van der Waals surface area contributed by atoms with Crippen molar-refractivity contribution in [2.75, 3.05) is 39.1 Å². The summed E-state index contributed by atoms with van der Waals surface area (Å²) in [5.74, 6) is -0.336. The minimum atomic E-state index is -3.34. The maximum Gasteiger partial charge on any atom is 0.224 e. The van der Waals surface area contributed by atoms with Gasteiger partial charge in [0, 0.05) is 26.7 Å². The molecule has 1 atom stereocenters. The molecule has 0 bridgehead atoms. The van der Waals surface area contributed by atoms with Crippen LogP contribution in [-0.4, -0.2) is 57.7 Å². The van der Waals surface area contributed by atoms with Crippen LogP contribution < -0.4 is 5.32 Å². The average molecular weight is 368 g/mol. The highest BCUT2D eigenvalue weighted by Crippen LogP contribution is 2.19. The highest BCUT2D eigenvalue weighted by atomic mass is 32.2. The number of carbonyl (C=O) groups is 1. The Morgan fingerprint density at radius 1 is 1.32 bits per heavy atom. The Morgan fingerprint density at radius 2 is 2.08 bits per heavy atom. The van der Waals surface area contributed by atoms with E-state index < -0.39 is 10.0 Å². The van der Waals surface area contributed by atoms with Gasteiger partial charge in [0.2, 0.25) is 15.9 Å². The number of amides is 1. The number of nitrogens with zero attached hydrogens (tertiary/aromatic N) is 1. The first kappa shape index (κ1) is 19.9. The molecule has 1 fully saturated rings. The van der Waals surface area contributed by atoms with Gasteiger partial charge >= 0.3 is 0 Å². The van der Waals surface area contributed by atoms with Crippen molar-refractivity contribution in [3.05, 3.63) is 35.9 Å². The summed E-state index contributed by atoms with van der Waals surface area (Å²) in [6.45, 7) is 1.55. The topological polar surface area (TPSA) is 75.7 Å². The lowest BCUT2D eigenvalue weighted by molar-refractivity contribution is -0.126. The molecule has 7 heteroatoms. The Bertz CT molecular complexity index is 634. The van der Waals surface area contributed by atoms with Gasteiger partial charge in [-0.25, -0.2) is 12.7 Å². The third-order valence-corrected chi connectivity index (χ3v) is 6.28. The monoisotopic (exact) mass is 368 g/mol. The van der Waals surface area contributed by atoms with E-state index >= 15 is 0 Å². The van der Waals surface area contributed by atoms with Gasteiger partial charge in [-0.15, -0.1) is 0 Å². The van der Waals surface area contributed by atoms with Gasteiger partial charge in [-0.2, -0.15) is 0 Å². The van der Waals surface area contributed by atoms with Crippen LogP contribution in [-0.2, 0) is 26.0 Å². The Kier molecular flexibility index (Phi) is 7.87. The first-order valence-corrected chi connectivity index (χ1v) is 10.4. The summed E-state index contributed by atoms with van der Waals surface area (Å²) in [5, 5.41) is 2.95. The molecule has 25 heavy (non-hydrogen) atoms. The fraction of sp³-hybridized carbons (Fsp3) is 0.611. The maximum absolute atomic E-state index is 12.3. The van der Waals surface area contributed by atoms with Crippen LogP contribution in [0, 0.1) is 5.92 Å². The normalized spacial score (nSPS) is 18.8. The molecule has 0 saturated carbocycles. The van der Waals surface area contributed by atoms with Crippen molar-refractivity contribution in [2.24, 2.45) is 5.92 Å². The van der Waals surface area contributed by atoms with Crippen molar-refractivity contribution in [3.63, 3.8) is 0 Å². The van der Waals surface area contributed by atoms with Gasteiger partial charge in [0.15, 0.2) is 0 Å². The molecular formula is C18H28N2O4S. The van der Waals surface area contributed by atoms with Crippen LogP contribution in [0.4, 0.5) is 0 Å². The Hall–Kier alpha value is -1.44. The van der Waals surface area contributed by atoms with Gasteiger partial charge in [0.1, 0.15) is 0 Å². The second-order valence-corrected chi connectivity index (χ2v) is 8.47. The molecular weight excluding hydrogens is 340 g/mol. The standard InChI is InChI=1S/C18H28N2O4S/c1-24-13-14-25(22,23)20-12-6-10-17(15-20)18(21)19-11-5-9-16-7-3-2-4-8-16/h2-4,7-8,17H,5-6,9-15H2,1H3,(H,19,21). The number of benzene rings is 1. The number of hydrogen-bond donors (Lipinski definition) is 1. The lowest BCUT2D eigenvalue weighted by Crippen LogP contribution is -2.46. The molecule has 1 saturated heterocycles. The largest absolute Gasteiger partial charge is 0.384 e. The molecule has 0 spiro atoms. The summed E-state index contributed by atoms with van der Waals surface area (Å²) in [6, 6.07) is 10.2. The third kappa shape index (κ3) is 6.41. The zero-order chi connectivity index (χ0) is 18.1. The molecule has 0 radical (unpaired) electrons. The van der Waals surface area contributed by atoms with E-state index in [9.17, 15) is 13.2 Å². The Labute approximate surface area is 150 Å². The van der Waals surface area contributed by atoms with Crippen LogP contribution in [0.3, 0.4) is 0 Å². The molecule has 1 unspecified atom stereocenters. The highest BCUT2D eigenvalue weighted by molar-refractivity contribution is 7.89. The molecule has 2 rings (SSSR count). The maximum atomic E-state index is 12.3. The predicted octanol–water partition coefficient (Wildman–Crippen LogP) is 1.42. The summed E-state index contributed by atoms with van der Waals surface area (Å²) >= 11 is 0. The summed E-state index contributed by atoms with van der Waals surface area (Å²) in [7, 11) is -1.86. The summed E-state index contributed by atoms with van der Waals surface area (Å²) in [4.78, 5) is 12.3. The first-order valence-electron chi connectivity index (χ1n) is 8.81. The SMILES string of the molecule is COCCS(=O)(=O)N1CCCC(C(=O)NCCCc2ccccc2)C1.